The van der Waals surface area contributed by atoms with Crippen molar-refractivity contribution in [3.8, 4) is 5.75 Å². The molecule has 1 amide bonds. The summed E-state index contributed by atoms with van der Waals surface area (Å²) >= 11 is 3.27. The summed E-state index contributed by atoms with van der Waals surface area (Å²) in [7, 11) is 1.37. The number of nitrogens with zero attached hydrogens (tertiary/aromatic N) is 2. The molecular weight excluding hydrogens is 316 g/mol. The van der Waals surface area contributed by atoms with Crippen molar-refractivity contribution in [3.05, 3.63) is 15.9 Å². The smallest absolute Gasteiger partial charge is 0.342 e. The highest BCUT2D eigenvalue weighted by atomic mass is 79.9. The van der Waals surface area contributed by atoms with Crippen molar-refractivity contribution in [2.45, 2.75) is 19.9 Å². The van der Waals surface area contributed by atoms with E-state index in [2.05, 4.69) is 15.9 Å². The maximum absolute atomic E-state index is 12.4. The minimum atomic E-state index is -1.12. The molecule has 0 aliphatic carbocycles. The molecule has 6 nitrogen and oxygen atoms in total. The molecule has 1 atom stereocenters. The Balaban J connectivity index is 2.73. The molecule has 2 heterocycles. The van der Waals surface area contributed by atoms with E-state index in [0.717, 1.165) is 0 Å². The highest BCUT2D eigenvalue weighted by Crippen LogP contribution is 2.39. The Bertz CT molecular complexity index is 552. The molecule has 1 aliphatic rings. The lowest BCUT2D eigenvalue weighted by Crippen LogP contribution is -2.42. The fourth-order valence-corrected chi connectivity index (χ4v) is 3.32. The van der Waals surface area contributed by atoms with Gasteiger partial charge >= 0.3 is 5.97 Å². The predicted molar refractivity (Wildman–Crippen MR) is 71.9 cm³/mol. The molecular formula is C12H15BrN2O4. The summed E-state index contributed by atoms with van der Waals surface area (Å²) in [4.78, 5) is 25.4. The number of carboxylic acid groups (broad SMARTS) is 1. The molecule has 0 aromatic carbocycles. The average Bonchev–Trinajstić information content (AvgIpc) is 2.67. The van der Waals surface area contributed by atoms with Crippen LogP contribution in [0.2, 0.25) is 0 Å². The van der Waals surface area contributed by atoms with E-state index in [1.807, 2.05) is 13.8 Å². The number of rotatable bonds is 3. The van der Waals surface area contributed by atoms with Gasteiger partial charge in [-0.05, 0) is 29.8 Å². The van der Waals surface area contributed by atoms with Crippen LogP contribution >= 0.6 is 15.9 Å². The summed E-state index contributed by atoms with van der Waals surface area (Å²) in [5.41, 5.74) is 0.294. The molecule has 104 valence electrons. The van der Waals surface area contributed by atoms with Gasteiger partial charge < -0.3 is 19.3 Å². The van der Waals surface area contributed by atoms with Crippen LogP contribution in [0, 0.1) is 0 Å². The Labute approximate surface area is 119 Å². The number of aromatic nitrogens is 1. The van der Waals surface area contributed by atoms with E-state index in [1.54, 1.807) is 9.47 Å². The summed E-state index contributed by atoms with van der Waals surface area (Å²) < 4.78 is 7.23. The monoisotopic (exact) mass is 330 g/mol. The van der Waals surface area contributed by atoms with Crippen LogP contribution in [-0.4, -0.2) is 46.6 Å². The molecule has 0 radical (unpaired) electrons. The van der Waals surface area contributed by atoms with Crippen LogP contribution in [0.3, 0.4) is 0 Å². The van der Waals surface area contributed by atoms with Gasteiger partial charge in [0.15, 0.2) is 11.4 Å². The minimum Gasteiger partial charge on any atom is -0.493 e. The zero-order valence-electron chi connectivity index (χ0n) is 10.9. The first kappa shape index (κ1) is 13.9. The number of halogens is 1. The van der Waals surface area contributed by atoms with Crippen molar-refractivity contribution < 1.29 is 19.4 Å². The molecule has 2 rings (SSSR count). The first-order valence-corrected chi connectivity index (χ1v) is 6.73. The zero-order valence-corrected chi connectivity index (χ0v) is 12.5. The van der Waals surface area contributed by atoms with Gasteiger partial charge in [-0.15, -0.1) is 0 Å². The molecule has 7 heteroatoms. The number of likely N-dealkylation sites (N-methyl/N-ethyl adjacent to an activating group) is 1. The van der Waals surface area contributed by atoms with Gasteiger partial charge in [0.2, 0.25) is 0 Å². The highest BCUT2D eigenvalue weighted by Gasteiger charge is 2.38. The molecule has 0 spiro atoms. The predicted octanol–water partition coefficient (Wildman–Crippen LogP) is 1.99. The Morgan fingerprint density at radius 2 is 2.21 bits per heavy atom. The summed E-state index contributed by atoms with van der Waals surface area (Å²) in [5.74, 6) is -1.20. The number of aromatic carboxylic acids is 1. The quantitative estimate of drug-likeness (QED) is 0.919. The van der Waals surface area contributed by atoms with E-state index in [9.17, 15) is 14.7 Å². The van der Waals surface area contributed by atoms with Gasteiger partial charge in [-0.1, -0.05) is 0 Å². The Hall–Kier alpha value is -1.50. The molecule has 1 N–H and O–H groups in total. The van der Waals surface area contributed by atoms with Gasteiger partial charge in [-0.2, -0.15) is 0 Å². The van der Waals surface area contributed by atoms with Crippen LogP contribution in [0.15, 0.2) is 4.60 Å². The van der Waals surface area contributed by atoms with Crippen LogP contribution in [0.5, 0.6) is 5.75 Å². The molecule has 19 heavy (non-hydrogen) atoms. The lowest BCUT2D eigenvalue weighted by molar-refractivity contribution is 0.0678. The van der Waals surface area contributed by atoms with Gasteiger partial charge in [-0.3, -0.25) is 4.79 Å². The largest absolute Gasteiger partial charge is 0.493 e. The van der Waals surface area contributed by atoms with Gasteiger partial charge in [0.1, 0.15) is 10.2 Å². The van der Waals surface area contributed by atoms with E-state index >= 15 is 0 Å². The van der Waals surface area contributed by atoms with Crippen molar-refractivity contribution in [3.63, 3.8) is 0 Å². The van der Waals surface area contributed by atoms with E-state index in [-0.39, 0.29) is 23.3 Å². The van der Waals surface area contributed by atoms with Crippen molar-refractivity contribution in [1.29, 1.82) is 0 Å². The summed E-state index contributed by atoms with van der Waals surface area (Å²) in [6.45, 7) is 4.96. The van der Waals surface area contributed by atoms with E-state index in [0.29, 0.717) is 23.4 Å². The molecule has 0 saturated heterocycles. The number of amides is 1. The standard InChI is InChI=1S/C12H15BrN2O4/c1-4-14-5-6(2)15-8(11(14)16)9(19-3)7(10(15)13)12(17)18/h6H,4-5H2,1-3H3,(H,17,18)/t6-/m0/s1. The third-order valence-electron chi connectivity index (χ3n) is 3.32. The van der Waals surface area contributed by atoms with Crippen LogP contribution < -0.4 is 4.74 Å². The van der Waals surface area contributed by atoms with Crippen LogP contribution in [0.25, 0.3) is 0 Å². The first-order chi connectivity index (χ1) is 8.93. The number of hydrogen-bond donors (Lipinski definition) is 1. The second kappa shape index (κ2) is 4.88. The second-order valence-electron chi connectivity index (χ2n) is 4.42. The molecule has 0 unspecified atom stereocenters. The molecule has 1 aliphatic heterocycles. The lowest BCUT2D eigenvalue weighted by atomic mass is 10.2. The van der Waals surface area contributed by atoms with E-state index in [4.69, 9.17) is 4.74 Å². The fraction of sp³-hybridized carbons (Fsp3) is 0.500. The topological polar surface area (TPSA) is 71.8 Å². The molecule has 1 aromatic rings. The van der Waals surface area contributed by atoms with Crippen molar-refractivity contribution in [2.24, 2.45) is 0 Å². The van der Waals surface area contributed by atoms with Gasteiger partial charge in [0.25, 0.3) is 5.91 Å². The number of ether oxygens (including phenoxy) is 1. The molecule has 0 saturated carbocycles. The second-order valence-corrected chi connectivity index (χ2v) is 5.17. The van der Waals surface area contributed by atoms with Crippen LogP contribution in [0.4, 0.5) is 0 Å². The van der Waals surface area contributed by atoms with Crippen LogP contribution in [-0.2, 0) is 0 Å². The maximum Gasteiger partial charge on any atom is 0.342 e. The number of methoxy groups -OCH3 is 1. The molecule has 0 fully saturated rings. The third-order valence-corrected chi connectivity index (χ3v) is 4.09. The van der Waals surface area contributed by atoms with E-state index < -0.39 is 5.97 Å². The number of fused-ring (bicyclic) bond motifs is 1. The zero-order chi connectivity index (χ0) is 14.3. The van der Waals surface area contributed by atoms with Gasteiger partial charge in [0.05, 0.1) is 7.11 Å². The molecule has 1 aromatic heterocycles. The van der Waals surface area contributed by atoms with Crippen molar-refractivity contribution in [1.82, 2.24) is 9.47 Å². The summed E-state index contributed by atoms with van der Waals surface area (Å²) in [6.07, 6.45) is 0. The first-order valence-electron chi connectivity index (χ1n) is 5.94. The number of carbonyl (C=O) groups excluding carboxylic acids is 1. The van der Waals surface area contributed by atoms with Crippen molar-refractivity contribution >= 4 is 27.8 Å². The summed E-state index contributed by atoms with van der Waals surface area (Å²) in [6, 6.07) is -0.0102. The highest BCUT2D eigenvalue weighted by molar-refractivity contribution is 9.10. The average molecular weight is 331 g/mol. The minimum absolute atomic E-state index is 0.00402. The lowest BCUT2D eigenvalue weighted by Gasteiger charge is -2.32. The SMILES string of the molecule is CCN1C[C@H](C)n2c(Br)c(C(=O)O)c(OC)c2C1=O. The maximum atomic E-state index is 12.4. The van der Waals surface area contributed by atoms with Crippen molar-refractivity contribution in [2.75, 3.05) is 20.2 Å². The molecule has 0 bridgehead atoms. The van der Waals surface area contributed by atoms with E-state index in [1.165, 1.54) is 7.11 Å². The van der Waals surface area contributed by atoms with Crippen LogP contribution in [0.1, 0.15) is 40.7 Å². The Kier molecular flexibility index (Phi) is 3.58. The van der Waals surface area contributed by atoms with Gasteiger partial charge in [-0.25, -0.2) is 4.79 Å². The normalized spacial score (nSPS) is 18.4. The number of carboxylic acids is 1. The van der Waals surface area contributed by atoms with Gasteiger partial charge in [0, 0.05) is 19.1 Å². The summed E-state index contributed by atoms with van der Waals surface area (Å²) in [5, 5.41) is 9.27. The third kappa shape index (κ3) is 1.92. The Morgan fingerprint density at radius 3 is 2.68 bits per heavy atom. The number of hydrogen-bond acceptors (Lipinski definition) is 3. The Morgan fingerprint density at radius 1 is 1.58 bits per heavy atom. The number of carbonyl (C=O) groups is 2. The fourth-order valence-electron chi connectivity index (χ4n) is 2.44.